The highest BCUT2D eigenvalue weighted by Gasteiger charge is 2.26. The SMILES string of the molecule is CC1OCCC1Cn1nnnc1-c1ccc(Cl)cc1N. The molecule has 0 spiro atoms. The van der Waals surface area contributed by atoms with E-state index < -0.39 is 0 Å². The van der Waals surface area contributed by atoms with Gasteiger partial charge >= 0.3 is 0 Å². The Balaban J connectivity index is 1.89. The molecule has 2 atom stereocenters. The first-order chi connectivity index (χ1) is 9.65. The minimum absolute atomic E-state index is 0.231. The van der Waals surface area contributed by atoms with E-state index in [1.165, 1.54) is 0 Å². The Morgan fingerprint density at radius 2 is 2.35 bits per heavy atom. The Morgan fingerprint density at radius 1 is 1.50 bits per heavy atom. The van der Waals surface area contributed by atoms with Gasteiger partial charge in [0.05, 0.1) is 12.6 Å². The lowest BCUT2D eigenvalue weighted by atomic mass is 10.0. The lowest BCUT2D eigenvalue weighted by molar-refractivity contribution is 0.101. The fourth-order valence-electron chi connectivity index (χ4n) is 2.50. The van der Waals surface area contributed by atoms with E-state index in [1.54, 1.807) is 16.8 Å². The van der Waals surface area contributed by atoms with E-state index in [1.807, 2.05) is 6.07 Å². The number of aromatic nitrogens is 4. The molecule has 20 heavy (non-hydrogen) atoms. The lowest BCUT2D eigenvalue weighted by Gasteiger charge is -2.14. The van der Waals surface area contributed by atoms with Crippen molar-refractivity contribution in [1.82, 2.24) is 20.2 Å². The second-order valence-electron chi connectivity index (χ2n) is 5.04. The van der Waals surface area contributed by atoms with Crippen LogP contribution in [0.4, 0.5) is 5.69 Å². The summed E-state index contributed by atoms with van der Waals surface area (Å²) >= 11 is 5.92. The molecule has 7 heteroatoms. The fraction of sp³-hybridized carbons (Fsp3) is 0.462. The number of nitrogens with zero attached hydrogens (tertiary/aromatic N) is 4. The molecule has 1 fully saturated rings. The van der Waals surface area contributed by atoms with Crippen LogP contribution < -0.4 is 5.73 Å². The van der Waals surface area contributed by atoms with Crippen LogP contribution in [0.1, 0.15) is 13.3 Å². The molecule has 2 aromatic rings. The number of tetrazole rings is 1. The molecule has 2 unspecified atom stereocenters. The third-order valence-corrected chi connectivity index (χ3v) is 3.96. The van der Waals surface area contributed by atoms with Crippen LogP contribution in [-0.2, 0) is 11.3 Å². The number of nitrogens with two attached hydrogens (primary N) is 1. The summed E-state index contributed by atoms with van der Waals surface area (Å²) in [5.74, 6) is 1.09. The van der Waals surface area contributed by atoms with Crippen LogP contribution >= 0.6 is 11.6 Å². The molecule has 1 aliphatic heterocycles. The van der Waals surface area contributed by atoms with Crippen molar-refractivity contribution in [3.63, 3.8) is 0 Å². The van der Waals surface area contributed by atoms with Crippen molar-refractivity contribution in [3.05, 3.63) is 23.2 Å². The van der Waals surface area contributed by atoms with E-state index in [2.05, 4.69) is 22.4 Å². The maximum atomic E-state index is 6.00. The van der Waals surface area contributed by atoms with Crippen LogP contribution in [0.15, 0.2) is 18.2 Å². The molecule has 2 N–H and O–H groups in total. The van der Waals surface area contributed by atoms with Gasteiger partial charge in [-0.15, -0.1) is 5.10 Å². The zero-order valence-corrected chi connectivity index (χ0v) is 11.9. The Bertz CT molecular complexity index is 615. The summed E-state index contributed by atoms with van der Waals surface area (Å²) in [4.78, 5) is 0. The third-order valence-electron chi connectivity index (χ3n) is 3.73. The number of benzene rings is 1. The van der Waals surface area contributed by atoms with E-state index in [-0.39, 0.29) is 6.10 Å². The van der Waals surface area contributed by atoms with Gasteiger partial charge in [-0.05, 0) is 42.0 Å². The second-order valence-corrected chi connectivity index (χ2v) is 5.48. The van der Waals surface area contributed by atoms with Crippen LogP contribution in [0.25, 0.3) is 11.4 Å². The van der Waals surface area contributed by atoms with Gasteiger partial charge in [-0.3, -0.25) is 0 Å². The summed E-state index contributed by atoms with van der Waals surface area (Å²) in [5, 5.41) is 12.5. The van der Waals surface area contributed by atoms with Crippen LogP contribution in [0.5, 0.6) is 0 Å². The quantitative estimate of drug-likeness (QED) is 0.876. The highest BCUT2D eigenvalue weighted by atomic mass is 35.5. The smallest absolute Gasteiger partial charge is 0.184 e. The molecular weight excluding hydrogens is 278 g/mol. The Labute approximate surface area is 121 Å². The van der Waals surface area contributed by atoms with Crippen LogP contribution in [0.2, 0.25) is 5.02 Å². The van der Waals surface area contributed by atoms with Crippen molar-refractivity contribution in [1.29, 1.82) is 0 Å². The predicted octanol–water partition coefficient (Wildman–Crippen LogP) is 2.00. The number of rotatable bonds is 3. The molecule has 0 saturated carbocycles. The van der Waals surface area contributed by atoms with E-state index in [0.717, 1.165) is 25.1 Å². The average molecular weight is 294 g/mol. The second kappa shape index (κ2) is 5.38. The largest absolute Gasteiger partial charge is 0.398 e. The van der Waals surface area contributed by atoms with Gasteiger partial charge in [-0.1, -0.05) is 11.6 Å². The van der Waals surface area contributed by atoms with Crippen LogP contribution in [0, 0.1) is 5.92 Å². The van der Waals surface area contributed by atoms with Crippen molar-refractivity contribution < 1.29 is 4.74 Å². The summed E-state index contributed by atoms with van der Waals surface area (Å²) in [6, 6.07) is 5.33. The van der Waals surface area contributed by atoms with E-state index in [9.17, 15) is 0 Å². The molecule has 106 valence electrons. The van der Waals surface area contributed by atoms with Crippen LogP contribution in [-0.4, -0.2) is 32.9 Å². The van der Waals surface area contributed by atoms with Crippen molar-refractivity contribution >= 4 is 17.3 Å². The van der Waals surface area contributed by atoms with Crippen molar-refractivity contribution in [2.75, 3.05) is 12.3 Å². The summed E-state index contributed by atoms with van der Waals surface area (Å²) in [6.45, 7) is 3.61. The van der Waals surface area contributed by atoms with Gasteiger partial charge in [0.2, 0.25) is 0 Å². The molecule has 0 amide bonds. The normalized spacial score (nSPS) is 22.3. The maximum absolute atomic E-state index is 6.00. The van der Waals surface area contributed by atoms with E-state index in [4.69, 9.17) is 22.1 Å². The average Bonchev–Trinajstić information content (AvgIpc) is 3.01. The van der Waals surface area contributed by atoms with Crippen molar-refractivity contribution in [2.24, 2.45) is 5.92 Å². The molecule has 2 heterocycles. The topological polar surface area (TPSA) is 78.8 Å². The van der Waals surface area contributed by atoms with E-state index >= 15 is 0 Å². The maximum Gasteiger partial charge on any atom is 0.184 e. The summed E-state index contributed by atoms with van der Waals surface area (Å²) < 4.78 is 7.36. The molecule has 3 rings (SSSR count). The van der Waals surface area contributed by atoms with Crippen molar-refractivity contribution in [2.45, 2.75) is 26.0 Å². The Morgan fingerprint density at radius 3 is 3.05 bits per heavy atom. The summed E-state index contributed by atoms with van der Waals surface area (Å²) in [7, 11) is 0. The molecule has 0 aliphatic carbocycles. The number of ether oxygens (including phenoxy) is 1. The molecule has 1 aromatic carbocycles. The number of hydrogen-bond donors (Lipinski definition) is 1. The van der Waals surface area contributed by atoms with Crippen molar-refractivity contribution in [3.8, 4) is 11.4 Å². The number of nitrogen functional groups attached to an aromatic ring is 1. The highest BCUT2D eigenvalue weighted by molar-refractivity contribution is 6.31. The van der Waals surface area contributed by atoms with E-state index in [0.29, 0.717) is 22.5 Å². The molecule has 0 bridgehead atoms. The molecule has 1 saturated heterocycles. The van der Waals surface area contributed by atoms with Gasteiger partial charge in [0, 0.05) is 28.8 Å². The Hall–Kier alpha value is -1.66. The molecule has 0 radical (unpaired) electrons. The number of anilines is 1. The predicted molar refractivity (Wildman–Crippen MR) is 76.2 cm³/mol. The lowest BCUT2D eigenvalue weighted by Crippen LogP contribution is -2.19. The van der Waals surface area contributed by atoms with Gasteiger partial charge in [-0.2, -0.15) is 0 Å². The zero-order valence-electron chi connectivity index (χ0n) is 11.2. The molecule has 1 aliphatic rings. The fourth-order valence-corrected chi connectivity index (χ4v) is 2.68. The Kier molecular flexibility index (Phi) is 3.58. The molecule has 1 aromatic heterocycles. The standard InChI is InChI=1S/C13H16ClN5O/c1-8-9(4-5-20-8)7-19-13(16-17-18-19)11-3-2-10(14)6-12(11)15/h2-3,6,8-9H,4-5,7,15H2,1H3. The van der Waals surface area contributed by atoms with Crippen LogP contribution in [0.3, 0.4) is 0 Å². The number of halogens is 1. The molecular formula is C13H16ClN5O. The van der Waals surface area contributed by atoms with Gasteiger partial charge in [0.1, 0.15) is 0 Å². The monoisotopic (exact) mass is 293 g/mol. The summed E-state index contributed by atoms with van der Waals surface area (Å²) in [5.41, 5.74) is 7.37. The minimum atomic E-state index is 0.231. The van der Waals surface area contributed by atoms with Gasteiger partial charge in [0.25, 0.3) is 0 Å². The zero-order chi connectivity index (χ0) is 14.1. The first-order valence-electron chi connectivity index (χ1n) is 6.58. The first kappa shape index (κ1) is 13.3. The minimum Gasteiger partial charge on any atom is -0.398 e. The van der Waals surface area contributed by atoms with Gasteiger partial charge in [0.15, 0.2) is 5.82 Å². The van der Waals surface area contributed by atoms with Gasteiger partial charge < -0.3 is 10.5 Å². The third kappa shape index (κ3) is 2.48. The summed E-state index contributed by atoms with van der Waals surface area (Å²) in [6.07, 6.45) is 1.26. The van der Waals surface area contributed by atoms with Gasteiger partial charge in [-0.25, -0.2) is 4.68 Å². The number of hydrogen-bond acceptors (Lipinski definition) is 5. The molecule has 6 nitrogen and oxygen atoms in total. The first-order valence-corrected chi connectivity index (χ1v) is 6.96. The highest BCUT2D eigenvalue weighted by Crippen LogP contribution is 2.28.